The Morgan fingerprint density at radius 2 is 1.15 bits per heavy atom. The zero-order valence-electron chi connectivity index (χ0n) is 12.2. The van der Waals surface area contributed by atoms with E-state index >= 15 is 0 Å². The van der Waals surface area contributed by atoms with Crippen LogP contribution in [-0.4, -0.2) is 11.6 Å². The summed E-state index contributed by atoms with van der Waals surface area (Å²) in [6.07, 6.45) is 10.9. The van der Waals surface area contributed by atoms with E-state index < -0.39 is 0 Å². The second-order valence-electron chi connectivity index (χ2n) is 7.32. The first-order valence-corrected chi connectivity index (χ1v) is 8.55. The van der Waals surface area contributed by atoms with E-state index in [1.165, 1.54) is 36.8 Å². The number of hydrogen-bond acceptors (Lipinski definition) is 2. The highest BCUT2D eigenvalue weighted by atomic mass is 16.1. The Balaban J connectivity index is 1.76. The first-order valence-electron chi connectivity index (χ1n) is 8.55. The van der Waals surface area contributed by atoms with Crippen molar-refractivity contribution in [3.8, 4) is 0 Å². The van der Waals surface area contributed by atoms with Gasteiger partial charge in [0.15, 0.2) is 0 Å². The summed E-state index contributed by atoms with van der Waals surface area (Å²) in [5.74, 6) is 1.65. The molecule has 2 nitrogen and oxygen atoms in total. The number of Topliss-reactive ketones (excluding diaryl/α,β-unsaturated/α-hetero) is 2. The molecular weight excluding hydrogens is 248 g/mol. The lowest BCUT2D eigenvalue weighted by Crippen LogP contribution is -2.29. The summed E-state index contributed by atoms with van der Waals surface area (Å²) in [5, 5.41) is 0. The van der Waals surface area contributed by atoms with Gasteiger partial charge in [-0.05, 0) is 51.4 Å². The van der Waals surface area contributed by atoms with Gasteiger partial charge in [-0.2, -0.15) is 0 Å². The van der Waals surface area contributed by atoms with Crippen LogP contribution in [-0.2, 0) is 9.59 Å². The minimum atomic E-state index is 0.126. The second kappa shape index (κ2) is 4.82. The average molecular weight is 272 g/mol. The zero-order valence-corrected chi connectivity index (χ0v) is 12.2. The molecule has 2 heteroatoms. The number of carbonyl (C=O) groups excluding carboxylic acids is 2. The van der Waals surface area contributed by atoms with Gasteiger partial charge in [-0.3, -0.25) is 9.59 Å². The van der Waals surface area contributed by atoms with Crippen molar-refractivity contribution in [1.82, 2.24) is 0 Å². The molecule has 0 aromatic carbocycles. The highest BCUT2D eigenvalue weighted by molar-refractivity contribution is 5.95. The van der Waals surface area contributed by atoms with Crippen LogP contribution in [0.4, 0.5) is 0 Å². The van der Waals surface area contributed by atoms with Gasteiger partial charge in [0.25, 0.3) is 0 Å². The molecule has 4 aliphatic rings. The Bertz CT molecular complexity index is 446. The third-order valence-corrected chi connectivity index (χ3v) is 6.29. The number of fused-ring (bicyclic) bond motifs is 6. The average Bonchev–Trinajstić information content (AvgIpc) is 3.02. The highest BCUT2D eigenvalue weighted by Gasteiger charge is 2.48. The molecule has 4 aliphatic carbocycles. The molecule has 0 saturated heterocycles. The molecule has 0 heterocycles. The predicted octanol–water partition coefficient (Wildman–Crippen LogP) is 3.84. The van der Waals surface area contributed by atoms with Crippen LogP contribution in [0.25, 0.3) is 0 Å². The summed E-state index contributed by atoms with van der Waals surface area (Å²) in [4.78, 5) is 25.7. The first-order chi connectivity index (χ1) is 9.75. The molecule has 0 aromatic heterocycles. The fourth-order valence-corrected chi connectivity index (χ4v) is 5.26. The Kier molecular flexibility index (Phi) is 3.08. The molecule has 4 rings (SSSR count). The molecule has 0 aliphatic heterocycles. The molecule has 2 saturated carbocycles. The third kappa shape index (κ3) is 1.83. The van der Waals surface area contributed by atoms with Gasteiger partial charge in [-0.25, -0.2) is 0 Å². The molecule has 2 fully saturated rings. The van der Waals surface area contributed by atoms with Crippen LogP contribution in [0.5, 0.6) is 0 Å². The Hall–Kier alpha value is -0.920. The SMILES string of the molecule is O=C1C2CCC(C2)C(=O)C2CC1C1=C2CCCCCC1. The van der Waals surface area contributed by atoms with Crippen molar-refractivity contribution in [2.24, 2.45) is 23.7 Å². The van der Waals surface area contributed by atoms with Crippen molar-refractivity contribution in [2.75, 3.05) is 0 Å². The maximum Gasteiger partial charge on any atom is 0.143 e. The quantitative estimate of drug-likeness (QED) is 0.628. The third-order valence-electron chi connectivity index (χ3n) is 6.29. The van der Waals surface area contributed by atoms with E-state index in [1.807, 2.05) is 0 Å². The van der Waals surface area contributed by atoms with Gasteiger partial charge in [0, 0.05) is 23.7 Å². The summed E-state index contributed by atoms with van der Waals surface area (Å²) in [7, 11) is 0. The lowest BCUT2D eigenvalue weighted by Gasteiger charge is -2.22. The van der Waals surface area contributed by atoms with Crippen molar-refractivity contribution < 1.29 is 9.59 Å². The van der Waals surface area contributed by atoms with Crippen LogP contribution in [0.15, 0.2) is 11.1 Å². The molecule has 0 N–H and O–H groups in total. The summed E-state index contributed by atoms with van der Waals surface area (Å²) >= 11 is 0. The van der Waals surface area contributed by atoms with Crippen LogP contribution in [0.2, 0.25) is 0 Å². The van der Waals surface area contributed by atoms with E-state index in [1.54, 1.807) is 0 Å². The van der Waals surface area contributed by atoms with Gasteiger partial charge >= 0.3 is 0 Å². The monoisotopic (exact) mass is 272 g/mol. The van der Waals surface area contributed by atoms with E-state index in [-0.39, 0.29) is 23.7 Å². The molecule has 0 amide bonds. The fourth-order valence-electron chi connectivity index (χ4n) is 5.26. The lowest BCUT2D eigenvalue weighted by atomic mass is 9.80. The lowest BCUT2D eigenvalue weighted by molar-refractivity contribution is -0.129. The van der Waals surface area contributed by atoms with E-state index in [4.69, 9.17) is 0 Å². The molecule has 4 bridgehead atoms. The van der Waals surface area contributed by atoms with E-state index in [0.717, 1.165) is 38.5 Å². The van der Waals surface area contributed by atoms with Gasteiger partial charge in [0.1, 0.15) is 11.6 Å². The van der Waals surface area contributed by atoms with Crippen LogP contribution in [0.1, 0.15) is 64.2 Å². The molecular formula is C18H24O2. The molecule has 108 valence electrons. The molecule has 0 spiro atoms. The van der Waals surface area contributed by atoms with Gasteiger partial charge in [-0.1, -0.05) is 24.0 Å². The van der Waals surface area contributed by atoms with Gasteiger partial charge in [0.2, 0.25) is 0 Å². The van der Waals surface area contributed by atoms with Gasteiger partial charge in [0.05, 0.1) is 0 Å². The molecule has 4 unspecified atom stereocenters. The molecule has 0 aromatic rings. The Morgan fingerprint density at radius 1 is 0.650 bits per heavy atom. The van der Waals surface area contributed by atoms with Crippen LogP contribution in [0.3, 0.4) is 0 Å². The van der Waals surface area contributed by atoms with Crippen molar-refractivity contribution in [3.05, 3.63) is 11.1 Å². The van der Waals surface area contributed by atoms with E-state index in [9.17, 15) is 9.59 Å². The standard InChI is InChI=1S/C18H24O2/c19-17-11-7-8-12(9-11)18(20)16-10-15(17)13-5-3-1-2-4-6-14(13)16/h11-12,15-16H,1-10H2. The predicted molar refractivity (Wildman–Crippen MR) is 77.2 cm³/mol. The normalized spacial score (nSPS) is 41.0. The summed E-state index contributed by atoms with van der Waals surface area (Å²) in [6.45, 7) is 0. The van der Waals surface area contributed by atoms with Crippen molar-refractivity contribution in [3.63, 3.8) is 0 Å². The number of allylic oxidation sites excluding steroid dienone is 2. The minimum Gasteiger partial charge on any atom is -0.299 e. The van der Waals surface area contributed by atoms with Crippen molar-refractivity contribution in [1.29, 1.82) is 0 Å². The van der Waals surface area contributed by atoms with Gasteiger partial charge in [-0.15, -0.1) is 0 Å². The van der Waals surface area contributed by atoms with Crippen molar-refractivity contribution in [2.45, 2.75) is 64.2 Å². The number of rotatable bonds is 0. The summed E-state index contributed by atoms with van der Waals surface area (Å²) < 4.78 is 0. The number of hydrogen-bond donors (Lipinski definition) is 0. The summed E-state index contributed by atoms with van der Waals surface area (Å²) in [5.41, 5.74) is 2.83. The zero-order chi connectivity index (χ0) is 13.7. The maximum atomic E-state index is 12.8. The molecule has 4 atom stereocenters. The van der Waals surface area contributed by atoms with E-state index in [0.29, 0.717) is 11.6 Å². The largest absolute Gasteiger partial charge is 0.299 e. The molecule has 20 heavy (non-hydrogen) atoms. The first kappa shape index (κ1) is 12.8. The van der Waals surface area contributed by atoms with Crippen LogP contribution in [0, 0.1) is 23.7 Å². The molecule has 0 radical (unpaired) electrons. The maximum absolute atomic E-state index is 12.8. The fraction of sp³-hybridized carbons (Fsp3) is 0.778. The van der Waals surface area contributed by atoms with E-state index in [2.05, 4.69) is 0 Å². The minimum absolute atomic E-state index is 0.126. The van der Waals surface area contributed by atoms with Crippen LogP contribution >= 0.6 is 0 Å². The second-order valence-corrected chi connectivity index (χ2v) is 7.32. The smallest absolute Gasteiger partial charge is 0.143 e. The van der Waals surface area contributed by atoms with Crippen molar-refractivity contribution >= 4 is 11.6 Å². The summed E-state index contributed by atoms with van der Waals surface area (Å²) in [6, 6.07) is 0. The van der Waals surface area contributed by atoms with Gasteiger partial charge < -0.3 is 0 Å². The van der Waals surface area contributed by atoms with Crippen LogP contribution < -0.4 is 0 Å². The topological polar surface area (TPSA) is 34.1 Å². The Morgan fingerprint density at radius 3 is 1.65 bits per heavy atom. The number of ketones is 2. The Labute approximate surface area is 121 Å². The number of carbonyl (C=O) groups is 2. The highest BCUT2D eigenvalue weighted by Crippen LogP contribution is 2.50.